The van der Waals surface area contributed by atoms with Gasteiger partial charge in [0.25, 0.3) is 10.0 Å². The predicted molar refractivity (Wildman–Crippen MR) is 98.3 cm³/mol. The van der Waals surface area contributed by atoms with E-state index in [0.717, 1.165) is 16.7 Å². The zero-order chi connectivity index (χ0) is 17.2. The Morgan fingerprint density at radius 1 is 0.875 bits per heavy atom. The molecule has 0 spiro atoms. The van der Waals surface area contributed by atoms with E-state index in [1.165, 1.54) is 6.07 Å². The third kappa shape index (κ3) is 3.41. The van der Waals surface area contributed by atoms with E-state index in [-0.39, 0.29) is 4.90 Å². The molecule has 3 rings (SSSR count). The molecule has 3 aromatic carbocycles. The summed E-state index contributed by atoms with van der Waals surface area (Å²) in [7, 11) is -3.68. The van der Waals surface area contributed by atoms with Crippen LogP contribution in [-0.4, -0.2) is 8.42 Å². The molecule has 0 saturated heterocycles. The second kappa shape index (κ2) is 6.37. The summed E-state index contributed by atoms with van der Waals surface area (Å²) in [4.78, 5) is 0.139. The van der Waals surface area contributed by atoms with Crippen LogP contribution >= 0.6 is 0 Å². The number of hydrogen-bond donors (Lipinski definition) is 2. The van der Waals surface area contributed by atoms with Gasteiger partial charge in [-0.25, -0.2) is 8.42 Å². The highest BCUT2D eigenvalue weighted by atomic mass is 32.2. The smallest absolute Gasteiger partial charge is 0.261 e. The molecule has 0 atom stereocenters. The summed E-state index contributed by atoms with van der Waals surface area (Å²) in [6, 6.07) is 21.6. The largest absolute Gasteiger partial charge is 0.398 e. The van der Waals surface area contributed by atoms with Crippen LogP contribution in [0.1, 0.15) is 5.56 Å². The molecule has 4 nitrogen and oxygen atoms in total. The molecule has 0 aliphatic heterocycles. The number of rotatable bonds is 4. The summed E-state index contributed by atoms with van der Waals surface area (Å²) in [5, 5.41) is 0. The molecule has 0 aromatic heterocycles. The Morgan fingerprint density at radius 2 is 1.54 bits per heavy atom. The first-order valence-corrected chi connectivity index (χ1v) is 8.98. The first-order valence-electron chi connectivity index (χ1n) is 7.50. The van der Waals surface area contributed by atoms with Crippen molar-refractivity contribution in [2.45, 2.75) is 11.8 Å². The topological polar surface area (TPSA) is 72.2 Å². The molecule has 3 aromatic rings. The number of nitrogens with two attached hydrogens (primary N) is 1. The molecule has 0 heterocycles. The van der Waals surface area contributed by atoms with E-state index >= 15 is 0 Å². The van der Waals surface area contributed by atoms with Crippen molar-refractivity contribution < 1.29 is 8.42 Å². The highest BCUT2D eigenvalue weighted by molar-refractivity contribution is 7.92. The fourth-order valence-electron chi connectivity index (χ4n) is 2.42. The fourth-order valence-corrected chi connectivity index (χ4v) is 3.52. The summed E-state index contributed by atoms with van der Waals surface area (Å²) in [6.45, 7) is 1.95. The van der Waals surface area contributed by atoms with Crippen LogP contribution in [0.25, 0.3) is 11.1 Å². The fraction of sp³-hybridized carbons (Fsp3) is 0.0526. The Bertz CT molecular complexity index is 950. The summed E-state index contributed by atoms with van der Waals surface area (Å²) < 4.78 is 27.6. The van der Waals surface area contributed by atoms with Gasteiger partial charge in [-0.1, -0.05) is 54.1 Å². The number of aryl methyl sites for hydroxylation is 1. The minimum Gasteiger partial charge on any atom is -0.398 e. The maximum Gasteiger partial charge on any atom is 0.261 e. The number of nitrogens with one attached hydrogen (secondary N) is 1. The lowest BCUT2D eigenvalue weighted by Gasteiger charge is -2.11. The summed E-state index contributed by atoms with van der Waals surface area (Å²) in [5.74, 6) is 0. The maximum atomic E-state index is 12.5. The van der Waals surface area contributed by atoms with E-state index in [2.05, 4.69) is 4.72 Å². The van der Waals surface area contributed by atoms with Crippen molar-refractivity contribution in [3.8, 4) is 11.1 Å². The summed E-state index contributed by atoms with van der Waals surface area (Å²) >= 11 is 0. The van der Waals surface area contributed by atoms with Crippen molar-refractivity contribution in [2.24, 2.45) is 0 Å². The van der Waals surface area contributed by atoms with E-state index < -0.39 is 10.0 Å². The molecule has 0 fully saturated rings. The summed E-state index contributed by atoms with van der Waals surface area (Å²) in [5.41, 5.74) is 9.84. The molecule has 0 bridgehead atoms. The third-order valence-electron chi connectivity index (χ3n) is 3.72. The predicted octanol–water partition coefficient (Wildman–Crippen LogP) is 4.05. The number of anilines is 2. The average Bonchev–Trinajstić information content (AvgIpc) is 2.57. The monoisotopic (exact) mass is 338 g/mol. The van der Waals surface area contributed by atoms with Gasteiger partial charge in [0, 0.05) is 16.9 Å². The second-order valence-corrected chi connectivity index (χ2v) is 7.27. The van der Waals surface area contributed by atoms with Gasteiger partial charge in [-0.2, -0.15) is 0 Å². The molecule has 0 radical (unpaired) electrons. The molecule has 0 unspecified atom stereocenters. The molecule has 3 N–H and O–H groups in total. The third-order valence-corrected chi connectivity index (χ3v) is 5.10. The van der Waals surface area contributed by atoms with Gasteiger partial charge in [0.1, 0.15) is 0 Å². The Balaban J connectivity index is 1.91. The molecular weight excluding hydrogens is 320 g/mol. The van der Waals surface area contributed by atoms with Gasteiger partial charge in [-0.15, -0.1) is 0 Å². The normalized spacial score (nSPS) is 11.2. The highest BCUT2D eigenvalue weighted by Gasteiger charge is 2.16. The minimum absolute atomic E-state index is 0.139. The molecule has 0 aliphatic carbocycles. The molecule has 0 amide bonds. The van der Waals surface area contributed by atoms with Crippen LogP contribution in [-0.2, 0) is 10.0 Å². The standard InChI is InChI=1S/C19H18N2O2S/c1-14-7-9-16(10-8-14)21-24(22,23)17-11-12-18(19(20)13-17)15-5-3-2-4-6-15/h2-13,21H,20H2,1H3. The molecule has 122 valence electrons. The second-order valence-electron chi connectivity index (χ2n) is 5.59. The summed E-state index contributed by atoms with van der Waals surface area (Å²) in [6.07, 6.45) is 0. The number of benzene rings is 3. The average molecular weight is 338 g/mol. The van der Waals surface area contributed by atoms with Crippen molar-refractivity contribution >= 4 is 21.4 Å². The lowest BCUT2D eigenvalue weighted by molar-refractivity contribution is 0.601. The van der Waals surface area contributed by atoms with E-state index in [1.807, 2.05) is 49.4 Å². The zero-order valence-electron chi connectivity index (χ0n) is 13.2. The van der Waals surface area contributed by atoms with Gasteiger partial charge in [-0.3, -0.25) is 4.72 Å². The van der Waals surface area contributed by atoms with Crippen molar-refractivity contribution in [3.05, 3.63) is 78.4 Å². The van der Waals surface area contributed by atoms with Gasteiger partial charge in [-0.05, 0) is 36.8 Å². The van der Waals surface area contributed by atoms with Gasteiger partial charge < -0.3 is 5.73 Å². The van der Waals surface area contributed by atoms with Crippen LogP contribution in [0, 0.1) is 6.92 Å². The Morgan fingerprint density at radius 3 is 2.17 bits per heavy atom. The highest BCUT2D eigenvalue weighted by Crippen LogP contribution is 2.28. The zero-order valence-corrected chi connectivity index (χ0v) is 14.0. The molecule has 0 aliphatic rings. The quantitative estimate of drug-likeness (QED) is 0.705. The first kappa shape index (κ1) is 16.1. The van der Waals surface area contributed by atoms with E-state index in [9.17, 15) is 8.42 Å². The Labute approximate surface area is 142 Å². The van der Waals surface area contributed by atoms with Crippen LogP contribution in [0.4, 0.5) is 11.4 Å². The van der Waals surface area contributed by atoms with E-state index in [4.69, 9.17) is 5.73 Å². The minimum atomic E-state index is -3.68. The number of sulfonamides is 1. The Kier molecular flexibility index (Phi) is 4.27. The maximum absolute atomic E-state index is 12.5. The SMILES string of the molecule is Cc1ccc(NS(=O)(=O)c2ccc(-c3ccccc3)c(N)c2)cc1. The van der Waals surface area contributed by atoms with Crippen molar-refractivity contribution in [1.82, 2.24) is 0 Å². The lowest BCUT2D eigenvalue weighted by atomic mass is 10.0. The molecule has 24 heavy (non-hydrogen) atoms. The van der Waals surface area contributed by atoms with Gasteiger partial charge in [0.05, 0.1) is 4.90 Å². The van der Waals surface area contributed by atoms with Crippen LogP contribution in [0.3, 0.4) is 0 Å². The molecule has 0 saturated carbocycles. The first-order chi connectivity index (χ1) is 11.5. The Hall–Kier alpha value is -2.79. The van der Waals surface area contributed by atoms with Crippen LogP contribution < -0.4 is 10.5 Å². The van der Waals surface area contributed by atoms with Crippen molar-refractivity contribution in [3.63, 3.8) is 0 Å². The van der Waals surface area contributed by atoms with Crippen molar-refractivity contribution in [1.29, 1.82) is 0 Å². The van der Waals surface area contributed by atoms with Gasteiger partial charge in [0.2, 0.25) is 0 Å². The van der Waals surface area contributed by atoms with Crippen LogP contribution in [0.2, 0.25) is 0 Å². The van der Waals surface area contributed by atoms with Crippen LogP contribution in [0.15, 0.2) is 77.7 Å². The molecular formula is C19H18N2O2S. The van der Waals surface area contributed by atoms with E-state index in [0.29, 0.717) is 11.4 Å². The van der Waals surface area contributed by atoms with Crippen molar-refractivity contribution in [2.75, 3.05) is 10.5 Å². The molecule has 5 heteroatoms. The van der Waals surface area contributed by atoms with Gasteiger partial charge >= 0.3 is 0 Å². The van der Waals surface area contributed by atoms with Gasteiger partial charge in [0.15, 0.2) is 0 Å². The lowest BCUT2D eigenvalue weighted by Crippen LogP contribution is -2.13. The van der Waals surface area contributed by atoms with E-state index in [1.54, 1.807) is 24.3 Å². The van der Waals surface area contributed by atoms with Crippen LogP contribution in [0.5, 0.6) is 0 Å². The number of hydrogen-bond acceptors (Lipinski definition) is 3. The number of nitrogen functional groups attached to an aromatic ring is 1.